The summed E-state index contributed by atoms with van der Waals surface area (Å²) in [6, 6.07) is 15.9. The number of hydrazone groups is 1. The molecule has 0 aliphatic rings. The molecule has 142 valence electrons. The third-order valence-electron chi connectivity index (χ3n) is 4.03. The molecule has 0 atom stereocenters. The van der Waals surface area contributed by atoms with Crippen molar-refractivity contribution in [1.82, 2.24) is 5.43 Å². The molecule has 0 heterocycles. The fourth-order valence-electron chi connectivity index (χ4n) is 2.45. The number of carbonyl (C=O) groups is 2. The van der Waals surface area contributed by atoms with Crippen molar-refractivity contribution in [2.75, 3.05) is 5.32 Å². The van der Waals surface area contributed by atoms with Crippen LogP contribution in [0.4, 0.5) is 5.69 Å². The molecule has 5 nitrogen and oxygen atoms in total. The highest BCUT2D eigenvalue weighted by atomic mass is 127. The molecule has 2 N–H and O–H groups in total. The van der Waals surface area contributed by atoms with Crippen LogP contribution < -0.4 is 10.7 Å². The average molecular weight is 477 g/mol. The summed E-state index contributed by atoms with van der Waals surface area (Å²) in [5, 5.41) is 6.95. The second-order valence-electron chi connectivity index (χ2n) is 6.38. The lowest BCUT2D eigenvalue weighted by molar-refractivity contribution is -0.124. The van der Waals surface area contributed by atoms with Crippen molar-refractivity contribution in [3.8, 4) is 0 Å². The van der Waals surface area contributed by atoms with Crippen LogP contribution in [0.2, 0.25) is 0 Å². The highest BCUT2D eigenvalue weighted by Gasteiger charge is 2.08. The van der Waals surface area contributed by atoms with E-state index in [1.54, 1.807) is 0 Å². The van der Waals surface area contributed by atoms with Gasteiger partial charge in [0.05, 0.1) is 0 Å². The molecule has 0 aliphatic heterocycles. The third-order valence-corrected chi connectivity index (χ3v) is 4.70. The summed E-state index contributed by atoms with van der Waals surface area (Å²) in [6.45, 7) is 3.83. The van der Waals surface area contributed by atoms with Gasteiger partial charge in [-0.05, 0) is 78.6 Å². The van der Waals surface area contributed by atoms with Gasteiger partial charge < -0.3 is 5.32 Å². The van der Waals surface area contributed by atoms with Crippen LogP contribution in [0.5, 0.6) is 0 Å². The van der Waals surface area contributed by atoms with Gasteiger partial charge in [0.15, 0.2) is 0 Å². The van der Waals surface area contributed by atoms with E-state index in [1.165, 1.54) is 5.56 Å². The Morgan fingerprint density at radius 3 is 2.41 bits per heavy atom. The first-order valence-electron chi connectivity index (χ1n) is 8.86. The molecule has 0 aliphatic carbocycles. The Labute approximate surface area is 173 Å². The fraction of sp³-hybridized carbons (Fsp3) is 0.286. The lowest BCUT2D eigenvalue weighted by Gasteiger charge is -2.08. The van der Waals surface area contributed by atoms with Crippen molar-refractivity contribution in [1.29, 1.82) is 0 Å². The summed E-state index contributed by atoms with van der Waals surface area (Å²) in [5.74, 6) is -0.442. The predicted octanol–water partition coefficient (Wildman–Crippen LogP) is 4.44. The molecule has 0 saturated carbocycles. The molecule has 0 spiro atoms. The smallest absolute Gasteiger partial charge is 0.240 e. The van der Waals surface area contributed by atoms with E-state index >= 15 is 0 Å². The summed E-state index contributed by atoms with van der Waals surface area (Å²) in [5.41, 5.74) is 6.39. The third kappa shape index (κ3) is 7.90. The van der Waals surface area contributed by atoms with E-state index in [1.807, 2.05) is 50.2 Å². The Kier molecular flexibility index (Phi) is 8.44. The molecule has 2 aromatic rings. The van der Waals surface area contributed by atoms with Gasteiger partial charge in [0.25, 0.3) is 0 Å². The first kappa shape index (κ1) is 21.1. The van der Waals surface area contributed by atoms with E-state index in [0.29, 0.717) is 0 Å². The number of halogens is 1. The number of amides is 2. The van der Waals surface area contributed by atoms with E-state index in [9.17, 15) is 9.59 Å². The van der Waals surface area contributed by atoms with Gasteiger partial charge in [-0.25, -0.2) is 5.43 Å². The lowest BCUT2D eigenvalue weighted by Crippen LogP contribution is -2.21. The van der Waals surface area contributed by atoms with Gasteiger partial charge in [0.2, 0.25) is 11.8 Å². The molecule has 27 heavy (non-hydrogen) atoms. The van der Waals surface area contributed by atoms with Gasteiger partial charge >= 0.3 is 0 Å². The molecule has 0 fully saturated rings. The maximum absolute atomic E-state index is 12.0. The van der Waals surface area contributed by atoms with Crippen LogP contribution in [0.3, 0.4) is 0 Å². The molecule has 0 aromatic heterocycles. The van der Waals surface area contributed by atoms with Gasteiger partial charge in [-0.15, -0.1) is 0 Å². The van der Waals surface area contributed by atoms with Crippen molar-refractivity contribution < 1.29 is 9.59 Å². The minimum atomic E-state index is -0.261. The van der Waals surface area contributed by atoms with Crippen LogP contribution in [0, 0.1) is 10.5 Å². The SMILES string of the molecule is CC(CCc1ccccc1)=NNC(=O)CCC(=O)Nc1ccc(I)cc1C. The number of nitrogens with zero attached hydrogens (tertiary/aromatic N) is 1. The van der Waals surface area contributed by atoms with Crippen molar-refractivity contribution in [3.05, 3.63) is 63.2 Å². The summed E-state index contributed by atoms with van der Waals surface area (Å²) in [6.07, 6.45) is 1.88. The first-order valence-corrected chi connectivity index (χ1v) is 9.94. The van der Waals surface area contributed by atoms with E-state index < -0.39 is 0 Å². The molecule has 0 bridgehead atoms. The minimum Gasteiger partial charge on any atom is -0.326 e. The summed E-state index contributed by atoms with van der Waals surface area (Å²) in [4.78, 5) is 23.9. The van der Waals surface area contributed by atoms with E-state index in [4.69, 9.17) is 0 Å². The van der Waals surface area contributed by atoms with E-state index in [-0.39, 0.29) is 24.7 Å². The Hall–Kier alpha value is -2.22. The number of nitrogens with one attached hydrogen (secondary N) is 2. The number of aryl methyl sites for hydroxylation is 2. The highest BCUT2D eigenvalue weighted by Crippen LogP contribution is 2.18. The predicted molar refractivity (Wildman–Crippen MR) is 118 cm³/mol. The minimum absolute atomic E-state index is 0.102. The molecule has 0 unspecified atom stereocenters. The number of hydrogen-bond acceptors (Lipinski definition) is 3. The van der Waals surface area contributed by atoms with Crippen molar-refractivity contribution in [2.45, 2.75) is 39.5 Å². The van der Waals surface area contributed by atoms with Crippen molar-refractivity contribution >= 4 is 45.8 Å². The molecule has 0 radical (unpaired) electrons. The lowest BCUT2D eigenvalue weighted by atomic mass is 10.1. The van der Waals surface area contributed by atoms with Crippen molar-refractivity contribution in [3.63, 3.8) is 0 Å². The summed E-state index contributed by atoms with van der Waals surface area (Å²) in [7, 11) is 0. The monoisotopic (exact) mass is 477 g/mol. The zero-order valence-electron chi connectivity index (χ0n) is 15.6. The summed E-state index contributed by atoms with van der Waals surface area (Å²) < 4.78 is 1.11. The zero-order valence-corrected chi connectivity index (χ0v) is 17.7. The standard InChI is InChI=1S/C21H24IN3O2/c1-15-14-18(22)10-11-19(15)23-20(26)12-13-21(27)25-24-16(2)8-9-17-6-4-3-5-7-17/h3-7,10-11,14H,8-9,12-13H2,1-2H3,(H,23,26)(H,25,27). The highest BCUT2D eigenvalue weighted by molar-refractivity contribution is 14.1. The van der Waals surface area contributed by atoms with E-state index in [2.05, 4.69) is 50.6 Å². The number of anilines is 1. The molecule has 2 rings (SSSR count). The van der Waals surface area contributed by atoms with Crippen LogP contribution in [0.25, 0.3) is 0 Å². The second kappa shape index (κ2) is 10.8. The molecular formula is C21H24IN3O2. The molecular weight excluding hydrogens is 453 g/mol. The van der Waals surface area contributed by atoms with E-state index in [0.717, 1.165) is 33.4 Å². The quantitative estimate of drug-likeness (QED) is 0.335. The van der Waals surface area contributed by atoms with Crippen LogP contribution in [0.1, 0.15) is 37.3 Å². The maximum Gasteiger partial charge on any atom is 0.240 e. The molecule has 2 amide bonds. The van der Waals surface area contributed by atoms with Crippen LogP contribution in [0.15, 0.2) is 53.6 Å². The van der Waals surface area contributed by atoms with Gasteiger partial charge in [0, 0.05) is 27.8 Å². The first-order chi connectivity index (χ1) is 12.9. The Balaban J connectivity index is 1.71. The number of benzene rings is 2. The summed E-state index contributed by atoms with van der Waals surface area (Å²) >= 11 is 2.23. The average Bonchev–Trinajstić information content (AvgIpc) is 2.66. The normalized spacial score (nSPS) is 11.1. The van der Waals surface area contributed by atoms with Gasteiger partial charge in [0.1, 0.15) is 0 Å². The molecule has 6 heteroatoms. The number of carbonyl (C=O) groups excluding carboxylic acids is 2. The van der Waals surface area contributed by atoms with Crippen LogP contribution in [-0.4, -0.2) is 17.5 Å². The largest absolute Gasteiger partial charge is 0.326 e. The fourth-order valence-corrected chi connectivity index (χ4v) is 3.09. The van der Waals surface area contributed by atoms with Crippen LogP contribution >= 0.6 is 22.6 Å². The molecule has 0 saturated heterocycles. The van der Waals surface area contributed by atoms with Crippen LogP contribution in [-0.2, 0) is 16.0 Å². The maximum atomic E-state index is 12.0. The number of hydrogen-bond donors (Lipinski definition) is 2. The van der Waals surface area contributed by atoms with Gasteiger partial charge in [-0.3, -0.25) is 9.59 Å². The second-order valence-corrected chi connectivity index (χ2v) is 7.62. The van der Waals surface area contributed by atoms with Gasteiger partial charge in [-0.1, -0.05) is 30.3 Å². The van der Waals surface area contributed by atoms with Crippen molar-refractivity contribution in [2.24, 2.45) is 5.10 Å². The molecule has 2 aromatic carbocycles. The Bertz CT molecular complexity index is 819. The van der Waals surface area contributed by atoms with Gasteiger partial charge in [-0.2, -0.15) is 5.10 Å². The number of rotatable bonds is 8. The Morgan fingerprint density at radius 1 is 1.00 bits per heavy atom. The Morgan fingerprint density at radius 2 is 1.70 bits per heavy atom. The topological polar surface area (TPSA) is 70.6 Å². The zero-order chi connectivity index (χ0) is 19.6.